The summed E-state index contributed by atoms with van der Waals surface area (Å²) < 4.78 is 2.65. The van der Waals surface area contributed by atoms with Gasteiger partial charge in [-0.25, -0.2) is 0 Å². The first kappa shape index (κ1) is 13.3. The fourth-order valence-corrected chi connectivity index (χ4v) is 3.05. The smallest absolute Gasteiger partial charge is 0.122 e. The van der Waals surface area contributed by atoms with Gasteiger partial charge < -0.3 is 5.11 Å². The highest BCUT2D eigenvalue weighted by molar-refractivity contribution is 9.10. The summed E-state index contributed by atoms with van der Waals surface area (Å²) in [5.41, 5.74) is 1.70. The number of aryl methyl sites for hydroxylation is 1. The number of halogens is 1. The molecule has 3 rings (SSSR count). The third-order valence-electron chi connectivity index (χ3n) is 3.51. The molecule has 1 heterocycles. The Bertz CT molecular complexity index is 746. The Labute approximate surface area is 126 Å². The van der Waals surface area contributed by atoms with Crippen LogP contribution in [0.1, 0.15) is 24.3 Å². The van der Waals surface area contributed by atoms with Crippen LogP contribution in [0.5, 0.6) is 0 Å². The van der Waals surface area contributed by atoms with Crippen molar-refractivity contribution in [2.24, 2.45) is 0 Å². The molecule has 1 N–H and O–H groups in total. The van der Waals surface area contributed by atoms with E-state index in [4.69, 9.17) is 0 Å². The van der Waals surface area contributed by atoms with Crippen LogP contribution in [0, 0.1) is 0 Å². The molecule has 0 saturated heterocycles. The number of nitrogens with zero attached hydrogens (tertiary/aromatic N) is 2. The topological polar surface area (TPSA) is 38.0 Å². The molecule has 102 valence electrons. The summed E-state index contributed by atoms with van der Waals surface area (Å²) in [4.78, 5) is 0. The van der Waals surface area contributed by atoms with Crippen LogP contribution in [0.25, 0.3) is 10.8 Å². The summed E-state index contributed by atoms with van der Waals surface area (Å²) in [5.74, 6) is 0. The molecule has 0 amide bonds. The van der Waals surface area contributed by atoms with E-state index in [1.165, 1.54) is 0 Å². The first-order valence-electron chi connectivity index (χ1n) is 6.59. The van der Waals surface area contributed by atoms with Gasteiger partial charge in [-0.1, -0.05) is 42.5 Å². The molecule has 1 unspecified atom stereocenters. The van der Waals surface area contributed by atoms with Gasteiger partial charge in [0, 0.05) is 6.54 Å². The van der Waals surface area contributed by atoms with E-state index in [0.717, 1.165) is 33.0 Å². The van der Waals surface area contributed by atoms with E-state index in [1.54, 1.807) is 6.20 Å². The summed E-state index contributed by atoms with van der Waals surface area (Å²) in [6, 6.07) is 14.1. The lowest BCUT2D eigenvalue weighted by Gasteiger charge is -2.16. The van der Waals surface area contributed by atoms with Crippen LogP contribution in [0.4, 0.5) is 0 Å². The molecule has 0 fully saturated rings. The van der Waals surface area contributed by atoms with E-state index in [2.05, 4.69) is 33.2 Å². The van der Waals surface area contributed by atoms with Crippen molar-refractivity contribution in [3.8, 4) is 0 Å². The van der Waals surface area contributed by atoms with Gasteiger partial charge in [0.25, 0.3) is 0 Å². The quantitative estimate of drug-likeness (QED) is 0.790. The van der Waals surface area contributed by atoms with Crippen molar-refractivity contribution >= 4 is 26.7 Å². The van der Waals surface area contributed by atoms with Crippen LogP contribution >= 0.6 is 15.9 Å². The lowest BCUT2D eigenvalue weighted by molar-refractivity contribution is 0.208. The predicted octanol–water partition coefficient (Wildman–Crippen LogP) is 3.90. The van der Waals surface area contributed by atoms with Crippen LogP contribution in [0.3, 0.4) is 0 Å². The van der Waals surface area contributed by atoms with Gasteiger partial charge in [0.2, 0.25) is 0 Å². The summed E-state index contributed by atoms with van der Waals surface area (Å²) in [6.07, 6.45) is 1.03. The maximum Gasteiger partial charge on any atom is 0.122 e. The molecular weight excluding hydrogens is 316 g/mol. The van der Waals surface area contributed by atoms with E-state index < -0.39 is 6.10 Å². The van der Waals surface area contributed by atoms with Crippen LogP contribution in [0.15, 0.2) is 53.1 Å². The van der Waals surface area contributed by atoms with Crippen LogP contribution in [-0.4, -0.2) is 14.9 Å². The highest BCUT2D eigenvalue weighted by Gasteiger charge is 2.20. The second-order valence-electron chi connectivity index (χ2n) is 4.66. The van der Waals surface area contributed by atoms with Crippen molar-refractivity contribution in [2.45, 2.75) is 19.6 Å². The zero-order chi connectivity index (χ0) is 14.1. The summed E-state index contributed by atoms with van der Waals surface area (Å²) >= 11 is 3.48. The molecule has 0 aliphatic carbocycles. The molecule has 2 aromatic carbocycles. The van der Waals surface area contributed by atoms with Gasteiger partial charge in [-0.15, -0.1) is 0 Å². The highest BCUT2D eigenvalue weighted by atomic mass is 79.9. The monoisotopic (exact) mass is 330 g/mol. The molecule has 0 bridgehead atoms. The number of aliphatic hydroxyl groups excluding tert-OH is 1. The Morgan fingerprint density at radius 3 is 2.75 bits per heavy atom. The number of hydrogen-bond acceptors (Lipinski definition) is 2. The van der Waals surface area contributed by atoms with Crippen molar-refractivity contribution in [1.29, 1.82) is 0 Å². The number of aromatic nitrogens is 2. The Kier molecular flexibility index (Phi) is 3.59. The molecule has 0 aliphatic rings. The van der Waals surface area contributed by atoms with Gasteiger partial charge in [-0.05, 0) is 39.2 Å². The number of aliphatic hydroxyl groups is 1. The van der Waals surface area contributed by atoms with Gasteiger partial charge in [-0.2, -0.15) is 5.10 Å². The molecule has 1 aromatic heterocycles. The van der Waals surface area contributed by atoms with E-state index in [-0.39, 0.29) is 0 Å². The zero-order valence-electron chi connectivity index (χ0n) is 11.1. The number of fused-ring (bicyclic) bond motifs is 1. The standard InChI is InChI=1S/C16H15BrN2O/c1-2-19-15(14(17)10-18-19)16(20)13-9-5-7-11-6-3-4-8-12(11)13/h3-10,16,20H,2H2,1H3. The van der Waals surface area contributed by atoms with Crippen LogP contribution in [0.2, 0.25) is 0 Å². The minimum Gasteiger partial charge on any atom is -0.382 e. The average molecular weight is 331 g/mol. The predicted molar refractivity (Wildman–Crippen MR) is 83.6 cm³/mol. The largest absolute Gasteiger partial charge is 0.382 e. The number of rotatable bonds is 3. The molecule has 1 atom stereocenters. The molecule has 3 nitrogen and oxygen atoms in total. The molecule has 0 saturated carbocycles. The van der Waals surface area contributed by atoms with E-state index >= 15 is 0 Å². The second kappa shape index (κ2) is 5.38. The van der Waals surface area contributed by atoms with Gasteiger partial charge in [0.05, 0.1) is 16.4 Å². The molecule has 4 heteroatoms. The molecule has 0 spiro atoms. The van der Waals surface area contributed by atoms with Gasteiger partial charge in [-0.3, -0.25) is 4.68 Å². The van der Waals surface area contributed by atoms with Crippen molar-refractivity contribution in [2.75, 3.05) is 0 Å². The SMILES string of the molecule is CCn1ncc(Br)c1C(O)c1cccc2ccccc12. The van der Waals surface area contributed by atoms with E-state index in [1.807, 2.05) is 41.9 Å². The lowest BCUT2D eigenvalue weighted by atomic mass is 9.99. The summed E-state index contributed by atoms with van der Waals surface area (Å²) in [7, 11) is 0. The fraction of sp³-hybridized carbons (Fsp3) is 0.188. The first-order chi connectivity index (χ1) is 9.72. The van der Waals surface area contributed by atoms with Gasteiger partial charge in [0.15, 0.2) is 0 Å². The van der Waals surface area contributed by atoms with Crippen molar-refractivity contribution in [3.63, 3.8) is 0 Å². The number of benzene rings is 2. The maximum atomic E-state index is 10.8. The molecule has 0 radical (unpaired) electrons. The lowest BCUT2D eigenvalue weighted by Crippen LogP contribution is -2.10. The Morgan fingerprint density at radius 2 is 1.95 bits per heavy atom. The maximum absolute atomic E-state index is 10.8. The number of hydrogen-bond donors (Lipinski definition) is 1. The molecule has 3 aromatic rings. The molecular formula is C16H15BrN2O. The van der Waals surface area contributed by atoms with E-state index in [0.29, 0.717) is 0 Å². The summed E-state index contributed by atoms with van der Waals surface area (Å²) in [6.45, 7) is 2.74. The molecule has 0 aliphatic heterocycles. The fourth-order valence-electron chi connectivity index (χ4n) is 2.53. The third-order valence-corrected chi connectivity index (χ3v) is 4.12. The van der Waals surface area contributed by atoms with Crippen molar-refractivity contribution in [3.05, 3.63) is 64.4 Å². The minimum atomic E-state index is -0.696. The van der Waals surface area contributed by atoms with Crippen molar-refractivity contribution in [1.82, 2.24) is 9.78 Å². The Balaban J connectivity index is 2.17. The zero-order valence-corrected chi connectivity index (χ0v) is 12.7. The Hall–Kier alpha value is -1.65. The first-order valence-corrected chi connectivity index (χ1v) is 7.38. The third kappa shape index (κ3) is 2.15. The summed E-state index contributed by atoms with van der Waals surface area (Å²) in [5, 5.41) is 17.2. The highest BCUT2D eigenvalue weighted by Crippen LogP contribution is 2.32. The van der Waals surface area contributed by atoms with Crippen molar-refractivity contribution < 1.29 is 5.11 Å². The van der Waals surface area contributed by atoms with E-state index in [9.17, 15) is 5.11 Å². The van der Waals surface area contributed by atoms with Crippen LogP contribution in [-0.2, 0) is 6.54 Å². The minimum absolute atomic E-state index is 0.696. The van der Waals surface area contributed by atoms with Gasteiger partial charge >= 0.3 is 0 Å². The second-order valence-corrected chi connectivity index (χ2v) is 5.52. The Morgan fingerprint density at radius 1 is 1.20 bits per heavy atom. The molecule has 20 heavy (non-hydrogen) atoms. The van der Waals surface area contributed by atoms with Gasteiger partial charge in [0.1, 0.15) is 6.10 Å². The van der Waals surface area contributed by atoms with Crippen LogP contribution < -0.4 is 0 Å². The normalized spacial score (nSPS) is 12.8. The average Bonchev–Trinajstić information content (AvgIpc) is 2.87.